The quantitative estimate of drug-likeness (QED) is 0.606. The van der Waals surface area contributed by atoms with E-state index in [0.717, 1.165) is 5.56 Å². The van der Waals surface area contributed by atoms with Gasteiger partial charge in [-0.15, -0.1) is 0 Å². The molecule has 0 spiro atoms. The van der Waals surface area contributed by atoms with Gasteiger partial charge in [-0.1, -0.05) is 41.9 Å². The Labute approximate surface area is 188 Å². The number of hydrogen-bond acceptors (Lipinski definition) is 5. The summed E-state index contributed by atoms with van der Waals surface area (Å²) in [4.78, 5) is 25.5. The smallest absolute Gasteiger partial charge is 0.408 e. The molecule has 0 radical (unpaired) electrons. The number of hydrogen-bond donors (Lipinski definition) is 2. The molecule has 0 bridgehead atoms. The minimum absolute atomic E-state index is 0.280. The third-order valence-electron chi connectivity index (χ3n) is 4.20. The molecule has 0 aliphatic heterocycles. The van der Waals surface area contributed by atoms with Crippen LogP contribution in [0.3, 0.4) is 0 Å². The summed E-state index contributed by atoms with van der Waals surface area (Å²) in [6, 6.07) is 13.4. The van der Waals surface area contributed by atoms with Crippen molar-refractivity contribution in [2.75, 3.05) is 12.4 Å². The number of amides is 2. The van der Waals surface area contributed by atoms with Crippen LogP contribution >= 0.6 is 11.6 Å². The molecule has 0 unspecified atom stereocenters. The van der Waals surface area contributed by atoms with Gasteiger partial charge in [0.2, 0.25) is 5.91 Å². The van der Waals surface area contributed by atoms with E-state index in [9.17, 15) is 9.59 Å². The van der Waals surface area contributed by atoms with Crippen LogP contribution in [0.25, 0.3) is 0 Å². The lowest BCUT2D eigenvalue weighted by Gasteiger charge is -2.27. The molecule has 0 heterocycles. The lowest BCUT2D eigenvalue weighted by atomic mass is 10.1. The highest BCUT2D eigenvalue weighted by Crippen LogP contribution is 2.28. The zero-order chi connectivity index (χ0) is 23.0. The van der Waals surface area contributed by atoms with E-state index in [0.29, 0.717) is 16.5 Å². The van der Waals surface area contributed by atoms with E-state index in [1.54, 1.807) is 45.9 Å². The van der Waals surface area contributed by atoms with Gasteiger partial charge in [-0.2, -0.15) is 0 Å². The average Bonchev–Trinajstić information content (AvgIpc) is 2.70. The third kappa shape index (κ3) is 8.11. The van der Waals surface area contributed by atoms with Gasteiger partial charge in [0.1, 0.15) is 17.4 Å². The van der Waals surface area contributed by atoms with Gasteiger partial charge in [-0.25, -0.2) is 4.79 Å². The van der Waals surface area contributed by atoms with Gasteiger partial charge in [0.25, 0.3) is 0 Å². The van der Waals surface area contributed by atoms with Crippen LogP contribution in [-0.4, -0.2) is 36.9 Å². The van der Waals surface area contributed by atoms with E-state index in [-0.39, 0.29) is 6.61 Å². The summed E-state index contributed by atoms with van der Waals surface area (Å²) in [6.07, 6.45) is -1.38. The van der Waals surface area contributed by atoms with Crippen molar-refractivity contribution in [3.8, 4) is 5.75 Å². The van der Waals surface area contributed by atoms with Gasteiger partial charge in [-0.05, 0) is 51.5 Å². The topological polar surface area (TPSA) is 85.9 Å². The zero-order valence-electron chi connectivity index (χ0n) is 18.4. The van der Waals surface area contributed by atoms with E-state index in [4.69, 9.17) is 25.8 Å². The Hall–Kier alpha value is -2.77. The molecule has 2 rings (SSSR count). The number of nitrogens with one attached hydrogen (secondary N) is 2. The number of carbonyl (C=O) groups is 2. The molecule has 2 N–H and O–H groups in total. The summed E-state index contributed by atoms with van der Waals surface area (Å²) in [7, 11) is 1.49. The molecule has 0 saturated heterocycles. The summed E-state index contributed by atoms with van der Waals surface area (Å²) in [6.45, 7) is 7.22. The standard InChI is InChI=1S/C23H29ClN2O5/c1-15(30-14-16-9-7-6-8-10-16)20(26-22(28)31-23(2,3)4)21(27)25-18-13-17(24)11-12-19(18)29-5/h6-13,15,20H,14H2,1-5H3,(H,25,27)(H,26,28)/t15-,20-/m0/s1. The van der Waals surface area contributed by atoms with Crippen LogP contribution in [-0.2, 0) is 20.9 Å². The molecule has 0 aliphatic rings. The number of methoxy groups -OCH3 is 1. The zero-order valence-corrected chi connectivity index (χ0v) is 19.2. The molecular formula is C23H29ClN2O5. The fourth-order valence-electron chi connectivity index (χ4n) is 2.72. The Morgan fingerprint density at radius 2 is 1.77 bits per heavy atom. The minimum Gasteiger partial charge on any atom is -0.495 e. The largest absolute Gasteiger partial charge is 0.495 e. The van der Waals surface area contributed by atoms with Crippen molar-refractivity contribution in [2.45, 2.75) is 52.0 Å². The highest BCUT2D eigenvalue weighted by molar-refractivity contribution is 6.31. The molecule has 8 heteroatoms. The first-order chi connectivity index (χ1) is 14.6. The summed E-state index contributed by atoms with van der Waals surface area (Å²) in [5.74, 6) is -0.0568. The minimum atomic E-state index is -1.03. The predicted octanol–water partition coefficient (Wildman–Crippen LogP) is 4.79. The molecule has 0 fully saturated rings. The number of anilines is 1. The van der Waals surface area contributed by atoms with Gasteiger partial charge < -0.3 is 24.8 Å². The molecule has 2 aromatic rings. The molecule has 7 nitrogen and oxygen atoms in total. The Morgan fingerprint density at radius 3 is 2.39 bits per heavy atom. The Bertz CT molecular complexity index is 883. The van der Waals surface area contributed by atoms with E-state index in [1.165, 1.54) is 7.11 Å². The Kier molecular flexibility index (Phi) is 8.71. The maximum atomic E-state index is 13.1. The van der Waals surface area contributed by atoms with Crippen molar-refractivity contribution in [3.63, 3.8) is 0 Å². The van der Waals surface area contributed by atoms with Crippen molar-refractivity contribution < 1.29 is 23.8 Å². The number of benzene rings is 2. The molecule has 0 aromatic heterocycles. The number of halogens is 1. The second-order valence-electron chi connectivity index (χ2n) is 7.96. The predicted molar refractivity (Wildman–Crippen MR) is 120 cm³/mol. The van der Waals surface area contributed by atoms with Gasteiger partial charge in [0.15, 0.2) is 0 Å². The van der Waals surface area contributed by atoms with Crippen molar-refractivity contribution in [1.29, 1.82) is 0 Å². The Morgan fingerprint density at radius 1 is 1.10 bits per heavy atom. The molecule has 2 amide bonds. The lowest BCUT2D eigenvalue weighted by molar-refractivity contribution is -0.122. The van der Waals surface area contributed by atoms with Crippen molar-refractivity contribution >= 4 is 29.3 Å². The number of alkyl carbamates (subject to hydrolysis) is 1. The second-order valence-corrected chi connectivity index (χ2v) is 8.40. The second kappa shape index (κ2) is 11.0. The maximum Gasteiger partial charge on any atom is 0.408 e. The average molecular weight is 449 g/mol. The van der Waals surface area contributed by atoms with Gasteiger partial charge >= 0.3 is 6.09 Å². The maximum absolute atomic E-state index is 13.1. The first-order valence-corrected chi connectivity index (χ1v) is 10.3. The first-order valence-electron chi connectivity index (χ1n) is 9.88. The van der Waals surface area contributed by atoms with Gasteiger partial charge in [0.05, 0.1) is 25.5 Å². The molecular weight excluding hydrogens is 420 g/mol. The first kappa shape index (κ1) is 24.5. The van der Waals surface area contributed by atoms with E-state index < -0.39 is 29.7 Å². The highest BCUT2D eigenvalue weighted by atomic mass is 35.5. The Balaban J connectivity index is 2.18. The van der Waals surface area contributed by atoms with Gasteiger partial charge in [0, 0.05) is 5.02 Å². The SMILES string of the molecule is COc1ccc(Cl)cc1NC(=O)[C@@H](NC(=O)OC(C)(C)C)[C@H](C)OCc1ccccc1. The molecule has 0 saturated carbocycles. The van der Waals surface area contributed by atoms with Gasteiger partial charge in [-0.3, -0.25) is 4.79 Å². The number of rotatable bonds is 8. The van der Waals surface area contributed by atoms with Crippen LogP contribution in [0.15, 0.2) is 48.5 Å². The summed E-state index contributed by atoms with van der Waals surface area (Å²) >= 11 is 6.05. The molecule has 31 heavy (non-hydrogen) atoms. The van der Waals surface area contributed by atoms with Crippen LogP contribution in [0.4, 0.5) is 10.5 Å². The van der Waals surface area contributed by atoms with Crippen LogP contribution in [0.5, 0.6) is 5.75 Å². The number of carbonyl (C=O) groups excluding carboxylic acids is 2. The van der Waals surface area contributed by atoms with Crippen molar-refractivity contribution in [3.05, 3.63) is 59.1 Å². The fourth-order valence-corrected chi connectivity index (χ4v) is 2.89. The number of ether oxygens (including phenoxy) is 3. The fraction of sp³-hybridized carbons (Fsp3) is 0.391. The molecule has 2 aromatic carbocycles. The summed E-state index contributed by atoms with van der Waals surface area (Å²) in [5.41, 5.74) is 0.614. The molecule has 0 aliphatic carbocycles. The lowest BCUT2D eigenvalue weighted by Crippen LogP contribution is -2.52. The summed E-state index contributed by atoms with van der Waals surface area (Å²) in [5, 5.41) is 5.79. The van der Waals surface area contributed by atoms with E-state index in [1.807, 2.05) is 30.3 Å². The monoisotopic (exact) mass is 448 g/mol. The van der Waals surface area contributed by atoms with Crippen molar-refractivity contribution in [1.82, 2.24) is 5.32 Å². The van der Waals surface area contributed by atoms with E-state index in [2.05, 4.69) is 10.6 Å². The van der Waals surface area contributed by atoms with Crippen LogP contribution in [0.2, 0.25) is 5.02 Å². The van der Waals surface area contributed by atoms with Crippen LogP contribution in [0, 0.1) is 0 Å². The van der Waals surface area contributed by atoms with E-state index >= 15 is 0 Å². The normalized spacial score (nSPS) is 13.1. The third-order valence-corrected chi connectivity index (χ3v) is 4.43. The van der Waals surface area contributed by atoms with Crippen molar-refractivity contribution in [2.24, 2.45) is 0 Å². The molecule has 168 valence electrons. The summed E-state index contributed by atoms with van der Waals surface area (Å²) < 4.78 is 16.5. The molecule has 2 atom stereocenters. The highest BCUT2D eigenvalue weighted by Gasteiger charge is 2.30. The van der Waals surface area contributed by atoms with Crippen LogP contribution < -0.4 is 15.4 Å². The van der Waals surface area contributed by atoms with Crippen LogP contribution in [0.1, 0.15) is 33.3 Å².